The van der Waals surface area contributed by atoms with Crippen molar-refractivity contribution >= 4 is 35.4 Å². The molecule has 0 aliphatic carbocycles. The lowest BCUT2D eigenvalue weighted by Crippen LogP contribution is -2.48. The van der Waals surface area contributed by atoms with Crippen LogP contribution in [-0.4, -0.2) is 55.2 Å². The molecule has 0 aromatic heterocycles. The predicted molar refractivity (Wildman–Crippen MR) is 143 cm³/mol. The van der Waals surface area contributed by atoms with Gasteiger partial charge in [0.2, 0.25) is 0 Å². The third-order valence-corrected chi connectivity index (χ3v) is 5.78. The van der Waals surface area contributed by atoms with E-state index in [0.717, 1.165) is 18.4 Å². The number of hydrogen-bond donors (Lipinski definition) is 3. The van der Waals surface area contributed by atoms with Crippen molar-refractivity contribution in [1.82, 2.24) is 15.5 Å². The van der Waals surface area contributed by atoms with Crippen LogP contribution < -0.4 is 16.0 Å². The first kappa shape index (κ1) is 28.2. The van der Waals surface area contributed by atoms with Gasteiger partial charge in [0, 0.05) is 12.2 Å². The second kappa shape index (κ2) is 13.8. The first-order valence-corrected chi connectivity index (χ1v) is 12.7. The van der Waals surface area contributed by atoms with Gasteiger partial charge in [0.1, 0.15) is 6.54 Å². The number of carbonyl (C=O) groups is 4. The Morgan fingerprint density at radius 1 is 0.974 bits per heavy atom. The normalized spacial score (nSPS) is 15.0. The molecule has 0 fully saturated rings. The number of nitrogens with zero attached hydrogens (tertiary/aromatic N) is 1. The van der Waals surface area contributed by atoms with Crippen LogP contribution in [0.2, 0.25) is 0 Å². The average Bonchev–Trinajstić information content (AvgIpc) is 2.91. The van der Waals surface area contributed by atoms with E-state index in [0.29, 0.717) is 29.1 Å². The van der Waals surface area contributed by atoms with Crippen LogP contribution in [0.5, 0.6) is 0 Å². The number of unbranched alkanes of at least 4 members (excludes halogenated alkanes) is 1. The lowest BCUT2D eigenvalue weighted by atomic mass is 9.91. The summed E-state index contributed by atoms with van der Waals surface area (Å²) in [5.41, 5.74) is 2.51. The summed E-state index contributed by atoms with van der Waals surface area (Å²) in [6.07, 6.45) is 1.63. The van der Waals surface area contributed by atoms with Crippen molar-refractivity contribution in [2.75, 3.05) is 31.6 Å². The fourth-order valence-corrected chi connectivity index (χ4v) is 4.10. The summed E-state index contributed by atoms with van der Waals surface area (Å²) in [5, 5.41) is 8.05. The Bertz CT molecular complexity index is 1180. The molecule has 38 heavy (non-hydrogen) atoms. The van der Waals surface area contributed by atoms with Gasteiger partial charge in [-0.05, 0) is 43.5 Å². The van der Waals surface area contributed by atoms with Crippen molar-refractivity contribution in [3.63, 3.8) is 0 Å². The number of benzene rings is 2. The number of anilines is 1. The van der Waals surface area contributed by atoms with Crippen molar-refractivity contribution in [1.29, 1.82) is 0 Å². The number of ether oxygens (including phenoxy) is 2. The van der Waals surface area contributed by atoms with Crippen molar-refractivity contribution in [2.45, 2.75) is 39.7 Å². The first-order chi connectivity index (χ1) is 18.4. The van der Waals surface area contributed by atoms with E-state index in [1.807, 2.05) is 37.3 Å². The smallest absolute Gasteiger partial charge is 0.338 e. The number of urea groups is 2. The van der Waals surface area contributed by atoms with Gasteiger partial charge in [-0.25, -0.2) is 14.4 Å². The molecular formula is C28H34N4O6. The number of hydrogen-bond acceptors (Lipinski definition) is 6. The van der Waals surface area contributed by atoms with Gasteiger partial charge in [-0.1, -0.05) is 55.8 Å². The van der Waals surface area contributed by atoms with Crippen LogP contribution in [0, 0.1) is 0 Å². The molecule has 202 valence electrons. The highest BCUT2D eigenvalue weighted by Gasteiger charge is 2.38. The van der Waals surface area contributed by atoms with Gasteiger partial charge in [0.05, 0.1) is 30.5 Å². The molecule has 1 heterocycles. The summed E-state index contributed by atoms with van der Waals surface area (Å²) in [6, 6.07) is 14.3. The van der Waals surface area contributed by atoms with Crippen LogP contribution in [0.4, 0.5) is 15.3 Å². The quantitative estimate of drug-likeness (QED) is 0.380. The molecule has 1 aliphatic heterocycles. The summed E-state index contributed by atoms with van der Waals surface area (Å²) in [5.74, 6) is -1.09. The Morgan fingerprint density at radius 3 is 2.39 bits per heavy atom. The van der Waals surface area contributed by atoms with Crippen molar-refractivity contribution < 1.29 is 28.7 Å². The van der Waals surface area contributed by atoms with Crippen LogP contribution in [-0.2, 0) is 19.1 Å². The molecule has 10 heteroatoms. The van der Waals surface area contributed by atoms with Crippen molar-refractivity contribution in [2.24, 2.45) is 0 Å². The van der Waals surface area contributed by atoms with Crippen LogP contribution in [0.25, 0.3) is 5.70 Å². The van der Waals surface area contributed by atoms with Crippen molar-refractivity contribution in [3.05, 3.63) is 71.3 Å². The molecule has 0 saturated heterocycles. The zero-order valence-corrected chi connectivity index (χ0v) is 21.9. The van der Waals surface area contributed by atoms with Gasteiger partial charge >= 0.3 is 24.0 Å². The molecule has 3 rings (SSSR count). The Kier molecular flexibility index (Phi) is 10.3. The third kappa shape index (κ3) is 7.12. The zero-order chi connectivity index (χ0) is 27.5. The van der Waals surface area contributed by atoms with Gasteiger partial charge in [0.15, 0.2) is 0 Å². The molecule has 3 N–H and O–H groups in total. The minimum atomic E-state index is -0.820. The van der Waals surface area contributed by atoms with Gasteiger partial charge in [-0.2, -0.15) is 0 Å². The molecule has 1 atom stereocenters. The lowest BCUT2D eigenvalue weighted by molar-refractivity contribution is -0.142. The lowest BCUT2D eigenvalue weighted by Gasteiger charge is -2.37. The second-order valence-electron chi connectivity index (χ2n) is 8.47. The maximum absolute atomic E-state index is 13.4. The Labute approximate surface area is 222 Å². The highest BCUT2D eigenvalue weighted by Crippen LogP contribution is 2.37. The van der Waals surface area contributed by atoms with Gasteiger partial charge < -0.3 is 25.4 Å². The highest BCUT2D eigenvalue weighted by atomic mass is 16.5. The van der Waals surface area contributed by atoms with E-state index in [9.17, 15) is 19.2 Å². The Balaban J connectivity index is 2.01. The van der Waals surface area contributed by atoms with E-state index in [-0.39, 0.29) is 25.8 Å². The third-order valence-electron chi connectivity index (χ3n) is 5.78. The first-order valence-electron chi connectivity index (χ1n) is 12.7. The van der Waals surface area contributed by atoms with E-state index in [1.165, 1.54) is 0 Å². The summed E-state index contributed by atoms with van der Waals surface area (Å²) in [4.78, 5) is 52.2. The van der Waals surface area contributed by atoms with Crippen LogP contribution in [0.3, 0.4) is 0 Å². The monoisotopic (exact) mass is 522 g/mol. The van der Waals surface area contributed by atoms with Gasteiger partial charge in [-0.15, -0.1) is 0 Å². The van der Waals surface area contributed by atoms with Crippen LogP contribution in [0.15, 0.2) is 60.2 Å². The summed E-state index contributed by atoms with van der Waals surface area (Å²) in [6.45, 7) is 5.98. The van der Waals surface area contributed by atoms with E-state index in [1.54, 1.807) is 43.0 Å². The number of amides is 4. The second-order valence-corrected chi connectivity index (χ2v) is 8.47. The highest BCUT2D eigenvalue weighted by molar-refractivity contribution is 6.04. The molecule has 4 amide bonds. The Morgan fingerprint density at radius 2 is 1.71 bits per heavy atom. The Hall–Kier alpha value is -4.34. The maximum Gasteiger partial charge on any atom is 0.338 e. The van der Waals surface area contributed by atoms with Crippen LogP contribution >= 0.6 is 0 Å². The van der Waals surface area contributed by atoms with Gasteiger partial charge in [0.25, 0.3) is 0 Å². The van der Waals surface area contributed by atoms with Gasteiger partial charge in [-0.3, -0.25) is 9.69 Å². The molecule has 1 aliphatic rings. The topological polar surface area (TPSA) is 126 Å². The molecule has 1 unspecified atom stereocenters. The maximum atomic E-state index is 13.4. The summed E-state index contributed by atoms with van der Waals surface area (Å²) in [7, 11) is 0. The molecular weight excluding hydrogens is 488 g/mol. The predicted octanol–water partition coefficient (Wildman–Crippen LogP) is 4.21. The standard InChI is InChI=1S/C28H34N4O6/c1-4-7-16-32-25(19-12-9-8-10-13-19)23(26(34)38-6-3)24(31-28(32)36)20-14-11-15-21(17-20)30-27(35)29-18-22(33)37-5-2/h8-15,17,24H,4-7,16,18H2,1-3H3,(H,31,36)(H2,29,30,35). The fraction of sp³-hybridized carbons (Fsp3) is 0.357. The van der Waals surface area contributed by atoms with Crippen molar-refractivity contribution in [3.8, 4) is 0 Å². The number of carbonyl (C=O) groups excluding carboxylic acids is 4. The summed E-state index contributed by atoms with van der Waals surface area (Å²) < 4.78 is 10.3. The minimum Gasteiger partial charge on any atom is -0.465 e. The molecule has 0 spiro atoms. The molecule has 0 saturated carbocycles. The molecule has 10 nitrogen and oxygen atoms in total. The zero-order valence-electron chi connectivity index (χ0n) is 21.9. The van der Waals surface area contributed by atoms with Crippen LogP contribution in [0.1, 0.15) is 50.8 Å². The largest absolute Gasteiger partial charge is 0.465 e. The number of esters is 2. The molecule has 0 bridgehead atoms. The summed E-state index contributed by atoms with van der Waals surface area (Å²) >= 11 is 0. The fourth-order valence-electron chi connectivity index (χ4n) is 4.10. The number of nitrogens with one attached hydrogen (secondary N) is 3. The molecule has 0 radical (unpaired) electrons. The molecule has 2 aromatic carbocycles. The minimum absolute atomic E-state index is 0.169. The number of rotatable bonds is 11. The van der Waals surface area contributed by atoms with E-state index in [4.69, 9.17) is 9.47 Å². The van der Waals surface area contributed by atoms with E-state index in [2.05, 4.69) is 16.0 Å². The van der Waals surface area contributed by atoms with E-state index >= 15 is 0 Å². The SMILES string of the molecule is CCCCN1C(=O)NC(c2cccc(NC(=O)NCC(=O)OCC)c2)C(C(=O)OCC)=C1c1ccccc1. The average molecular weight is 523 g/mol. The molecule has 2 aromatic rings. The van der Waals surface area contributed by atoms with E-state index < -0.39 is 24.0 Å².